The van der Waals surface area contributed by atoms with Crippen molar-refractivity contribution in [3.8, 4) is 0 Å². The predicted octanol–water partition coefficient (Wildman–Crippen LogP) is 4.81. The van der Waals surface area contributed by atoms with Crippen LogP contribution in [0, 0.1) is 11.8 Å². The molecule has 0 bridgehead atoms. The first-order chi connectivity index (χ1) is 14.5. The minimum Gasteiger partial charge on any atom is -0.508 e. The van der Waals surface area contributed by atoms with Gasteiger partial charge in [-0.15, -0.1) is 0 Å². The Morgan fingerprint density at radius 1 is 1.45 bits per heavy atom. The molecule has 0 spiro atoms. The Morgan fingerprint density at radius 3 is 2.71 bits per heavy atom. The third kappa shape index (κ3) is 5.49. The lowest BCUT2D eigenvalue weighted by Gasteiger charge is -2.44. The van der Waals surface area contributed by atoms with Crippen molar-refractivity contribution in [2.75, 3.05) is 13.7 Å². The number of carbonyl (C=O) groups is 1. The number of Topliss-reactive ketones (excluding diaryl/α,β-unsaturated/α-hetero) is 1. The van der Waals surface area contributed by atoms with Gasteiger partial charge in [-0.05, 0) is 45.8 Å². The fourth-order valence-electron chi connectivity index (χ4n) is 3.93. The van der Waals surface area contributed by atoms with Crippen molar-refractivity contribution in [1.29, 1.82) is 0 Å². The summed E-state index contributed by atoms with van der Waals surface area (Å²) in [6.07, 6.45) is 9.86. The zero-order chi connectivity index (χ0) is 23.4. The van der Waals surface area contributed by atoms with E-state index in [1.807, 2.05) is 26.0 Å². The smallest absolute Gasteiger partial charge is 0.235 e. The van der Waals surface area contributed by atoms with Gasteiger partial charge < -0.3 is 14.6 Å². The van der Waals surface area contributed by atoms with Crippen LogP contribution in [0.2, 0.25) is 0 Å². The maximum atomic E-state index is 15.0. The van der Waals surface area contributed by atoms with Gasteiger partial charge in [-0.25, -0.2) is 9.18 Å². The number of ether oxygens (including phenoxy) is 2. The van der Waals surface area contributed by atoms with Crippen molar-refractivity contribution in [1.82, 2.24) is 0 Å². The first-order valence-corrected chi connectivity index (χ1v) is 10.2. The zero-order valence-electron chi connectivity index (χ0n) is 18.9. The van der Waals surface area contributed by atoms with E-state index in [-0.39, 0.29) is 29.6 Å². The number of nitrogens with zero attached hydrogens (tertiary/aromatic N) is 1. The van der Waals surface area contributed by atoms with Crippen LogP contribution in [0.25, 0.3) is 0 Å². The largest absolute Gasteiger partial charge is 0.508 e. The molecule has 0 amide bonds. The van der Waals surface area contributed by atoms with Gasteiger partial charge in [0.05, 0.1) is 23.9 Å². The summed E-state index contributed by atoms with van der Waals surface area (Å²) in [5.74, 6) is -2.02. The summed E-state index contributed by atoms with van der Waals surface area (Å²) in [4.78, 5) is 26.9. The van der Waals surface area contributed by atoms with Crippen molar-refractivity contribution in [2.24, 2.45) is 16.8 Å². The van der Waals surface area contributed by atoms with Crippen molar-refractivity contribution >= 4 is 11.9 Å². The molecule has 1 unspecified atom stereocenters. The van der Waals surface area contributed by atoms with Crippen molar-refractivity contribution in [2.45, 2.75) is 52.2 Å². The van der Waals surface area contributed by atoms with E-state index in [1.165, 1.54) is 25.3 Å². The molecule has 3 atom stereocenters. The normalized spacial score (nSPS) is 26.5. The van der Waals surface area contributed by atoms with Gasteiger partial charge in [0.2, 0.25) is 6.08 Å². The Morgan fingerprint density at radius 2 is 2.13 bits per heavy atom. The number of rotatable bonds is 8. The molecule has 7 heteroatoms. The molecule has 0 aromatic rings. The number of aliphatic hydroxyl groups excluding tert-OH is 1. The van der Waals surface area contributed by atoms with E-state index in [1.54, 1.807) is 26.8 Å². The van der Waals surface area contributed by atoms with Gasteiger partial charge in [-0.2, -0.15) is 4.99 Å². The van der Waals surface area contributed by atoms with Gasteiger partial charge in [-0.1, -0.05) is 25.2 Å². The van der Waals surface area contributed by atoms with Gasteiger partial charge in [0, 0.05) is 17.9 Å². The highest BCUT2D eigenvalue weighted by atomic mass is 19.1. The lowest BCUT2D eigenvalue weighted by molar-refractivity contribution is -0.119. The highest BCUT2D eigenvalue weighted by molar-refractivity contribution is 6.02. The molecular formula is C24H30FNO5. The molecular weight excluding hydrogens is 401 g/mol. The van der Waals surface area contributed by atoms with E-state index in [0.717, 1.165) is 0 Å². The number of hydrogen-bond acceptors (Lipinski definition) is 6. The van der Waals surface area contributed by atoms with Crippen molar-refractivity contribution in [3.63, 3.8) is 0 Å². The maximum Gasteiger partial charge on any atom is 0.235 e. The Hall–Kier alpha value is -2.76. The number of aliphatic hydroxyl groups is 1. The number of hydrogen-bond donors (Lipinski definition) is 1. The lowest BCUT2D eigenvalue weighted by atomic mass is 9.76. The zero-order valence-corrected chi connectivity index (χ0v) is 18.9. The lowest BCUT2D eigenvalue weighted by Crippen LogP contribution is -2.46. The summed E-state index contributed by atoms with van der Waals surface area (Å²) in [5.41, 5.74) is -1.06. The van der Waals surface area contributed by atoms with Gasteiger partial charge in [0.1, 0.15) is 23.9 Å². The molecule has 31 heavy (non-hydrogen) atoms. The SMILES string of the molecule is CCC(C(=O)C1=C[C@H]2C=CC(C)(C)O[C@]2(C)C=C1F)/C(C)=C(O)/C=C(\CN=C=O)OC. The highest BCUT2D eigenvalue weighted by Crippen LogP contribution is 2.42. The molecule has 2 aliphatic rings. The predicted molar refractivity (Wildman–Crippen MR) is 116 cm³/mol. The summed E-state index contributed by atoms with van der Waals surface area (Å²) in [5, 5.41) is 10.5. The van der Waals surface area contributed by atoms with Crippen LogP contribution in [0.4, 0.5) is 4.39 Å². The molecule has 1 N–H and O–H groups in total. The monoisotopic (exact) mass is 431 g/mol. The van der Waals surface area contributed by atoms with Crippen LogP contribution in [0.5, 0.6) is 0 Å². The number of methoxy groups -OCH3 is 1. The van der Waals surface area contributed by atoms with Gasteiger partial charge in [0.25, 0.3) is 0 Å². The number of allylic oxidation sites excluding steroid dienone is 4. The second-order valence-corrected chi connectivity index (χ2v) is 8.46. The molecule has 6 nitrogen and oxygen atoms in total. The summed E-state index contributed by atoms with van der Waals surface area (Å²) in [7, 11) is 1.38. The molecule has 2 rings (SSSR count). The van der Waals surface area contributed by atoms with Crippen molar-refractivity contribution in [3.05, 3.63) is 58.9 Å². The first kappa shape index (κ1) is 24.5. The van der Waals surface area contributed by atoms with E-state index in [2.05, 4.69) is 4.99 Å². The summed E-state index contributed by atoms with van der Waals surface area (Å²) >= 11 is 0. The average molecular weight is 432 g/mol. The minimum absolute atomic E-state index is 0.0177. The van der Waals surface area contributed by atoms with Crippen LogP contribution in [0.15, 0.2) is 63.9 Å². The van der Waals surface area contributed by atoms with E-state index >= 15 is 4.39 Å². The molecule has 0 fully saturated rings. The highest BCUT2D eigenvalue weighted by Gasteiger charge is 2.43. The maximum absolute atomic E-state index is 15.0. The van der Waals surface area contributed by atoms with Crippen LogP contribution in [0.1, 0.15) is 41.0 Å². The molecule has 168 valence electrons. The minimum atomic E-state index is -0.879. The Bertz CT molecular complexity index is 934. The third-order valence-electron chi connectivity index (χ3n) is 5.64. The number of carbonyl (C=O) groups excluding carboxylic acids is 2. The number of aliphatic imine (C=N–C) groups is 1. The summed E-state index contributed by atoms with van der Waals surface area (Å²) in [6, 6.07) is 0. The fraction of sp³-hybridized carbons (Fsp3) is 0.500. The van der Waals surface area contributed by atoms with E-state index < -0.39 is 28.7 Å². The van der Waals surface area contributed by atoms with Crippen LogP contribution >= 0.6 is 0 Å². The first-order valence-electron chi connectivity index (χ1n) is 10.2. The molecule has 1 heterocycles. The molecule has 0 aromatic carbocycles. The number of halogens is 1. The van der Waals surface area contributed by atoms with Crippen LogP contribution in [0.3, 0.4) is 0 Å². The van der Waals surface area contributed by atoms with E-state index in [9.17, 15) is 14.7 Å². The van der Waals surface area contributed by atoms with E-state index in [0.29, 0.717) is 12.0 Å². The van der Waals surface area contributed by atoms with Gasteiger partial charge in [0.15, 0.2) is 5.78 Å². The average Bonchev–Trinajstić information content (AvgIpc) is 2.69. The number of fused-ring (bicyclic) bond motifs is 1. The van der Waals surface area contributed by atoms with Crippen molar-refractivity contribution < 1.29 is 28.6 Å². The topological polar surface area (TPSA) is 85.2 Å². The van der Waals surface area contributed by atoms with Crippen LogP contribution < -0.4 is 0 Å². The standard InChI is InChI=1S/C24H30FNO5/c1-7-18(15(2)21(28)11-17(30-6)13-26-14-27)22(29)19-10-16-8-9-23(3,4)31-24(16,5)12-20(19)25/h8-12,16,18,28H,7,13H2,1-6H3/b17-11+,21-15-/t16-,18?,24-/m1/s1. The number of ketones is 1. The molecule has 0 saturated heterocycles. The molecule has 1 aliphatic heterocycles. The second kappa shape index (κ2) is 9.58. The van der Waals surface area contributed by atoms with E-state index in [4.69, 9.17) is 9.47 Å². The molecule has 0 aromatic heterocycles. The summed E-state index contributed by atoms with van der Waals surface area (Å²) in [6.45, 7) is 8.90. The van der Waals surface area contributed by atoms with Gasteiger partial charge in [-0.3, -0.25) is 4.79 Å². The van der Waals surface area contributed by atoms with Gasteiger partial charge >= 0.3 is 0 Å². The molecule has 1 aliphatic carbocycles. The van der Waals surface area contributed by atoms with Crippen LogP contribution in [-0.4, -0.2) is 41.8 Å². The number of isocyanates is 1. The molecule has 0 radical (unpaired) electrons. The fourth-order valence-corrected chi connectivity index (χ4v) is 3.93. The summed E-state index contributed by atoms with van der Waals surface area (Å²) < 4.78 is 26.2. The second-order valence-electron chi connectivity index (χ2n) is 8.46. The Labute approximate surface area is 182 Å². The Kier molecular flexibility index (Phi) is 7.58. The Balaban J connectivity index is 2.38. The van der Waals surface area contributed by atoms with Crippen LogP contribution in [-0.2, 0) is 19.1 Å². The quantitative estimate of drug-likeness (QED) is 0.196. The molecule has 0 saturated carbocycles. The third-order valence-corrected chi connectivity index (χ3v) is 5.64.